The van der Waals surface area contributed by atoms with Gasteiger partial charge in [0, 0.05) is 22.2 Å². The van der Waals surface area contributed by atoms with E-state index in [-0.39, 0.29) is 13.0 Å². The molecular weight excluding hydrogens is 464 g/mol. The summed E-state index contributed by atoms with van der Waals surface area (Å²) in [5.74, 6) is 0.311. The van der Waals surface area contributed by atoms with Crippen molar-refractivity contribution in [2.45, 2.75) is 30.9 Å². The van der Waals surface area contributed by atoms with Gasteiger partial charge in [-0.15, -0.1) is 11.8 Å². The maximum Gasteiger partial charge on any atom is 0.339 e. The average molecular weight is 485 g/mol. The SMILES string of the molecule is Cc1noc(CSc2ccccc2C(=O)OCC(=O)N(CCC#N)c2ccc(Cl)c(C)c2)n1. The summed E-state index contributed by atoms with van der Waals surface area (Å²) in [5, 5.41) is 13.3. The molecule has 8 nitrogen and oxygen atoms in total. The van der Waals surface area contributed by atoms with Crippen LogP contribution >= 0.6 is 23.4 Å². The minimum absolute atomic E-state index is 0.135. The molecule has 0 aliphatic carbocycles. The van der Waals surface area contributed by atoms with Crippen LogP contribution in [0.1, 0.15) is 34.1 Å². The minimum Gasteiger partial charge on any atom is -0.452 e. The number of hydrogen-bond acceptors (Lipinski definition) is 8. The lowest BCUT2D eigenvalue weighted by molar-refractivity contribution is -0.121. The van der Waals surface area contributed by atoms with Crippen LogP contribution in [-0.2, 0) is 15.3 Å². The summed E-state index contributed by atoms with van der Waals surface area (Å²) in [6.45, 7) is 3.26. The van der Waals surface area contributed by atoms with Crippen molar-refractivity contribution < 1.29 is 18.8 Å². The van der Waals surface area contributed by atoms with E-state index in [0.29, 0.717) is 38.6 Å². The van der Waals surface area contributed by atoms with E-state index >= 15 is 0 Å². The third-order valence-electron chi connectivity index (χ3n) is 4.56. The van der Waals surface area contributed by atoms with Crippen molar-refractivity contribution in [2.75, 3.05) is 18.1 Å². The van der Waals surface area contributed by atoms with Gasteiger partial charge in [-0.25, -0.2) is 4.79 Å². The molecule has 0 radical (unpaired) electrons. The van der Waals surface area contributed by atoms with E-state index in [0.717, 1.165) is 5.56 Å². The number of ether oxygens (including phenoxy) is 1. The van der Waals surface area contributed by atoms with Gasteiger partial charge in [-0.2, -0.15) is 10.2 Å². The first-order valence-corrected chi connectivity index (χ1v) is 11.4. The molecule has 0 aliphatic heterocycles. The third kappa shape index (κ3) is 6.57. The van der Waals surface area contributed by atoms with Crippen LogP contribution in [0.5, 0.6) is 0 Å². The Bertz CT molecular complexity index is 1190. The van der Waals surface area contributed by atoms with E-state index in [1.165, 1.54) is 16.7 Å². The second kappa shape index (κ2) is 11.5. The predicted molar refractivity (Wildman–Crippen MR) is 124 cm³/mol. The van der Waals surface area contributed by atoms with Crippen LogP contribution in [0, 0.1) is 25.2 Å². The van der Waals surface area contributed by atoms with Crippen LogP contribution in [0.4, 0.5) is 5.69 Å². The summed E-state index contributed by atoms with van der Waals surface area (Å²) in [4.78, 5) is 31.8. The largest absolute Gasteiger partial charge is 0.452 e. The molecule has 170 valence electrons. The number of benzene rings is 2. The summed E-state index contributed by atoms with van der Waals surface area (Å²) in [5.41, 5.74) is 1.71. The van der Waals surface area contributed by atoms with Gasteiger partial charge in [0.05, 0.1) is 23.8 Å². The minimum atomic E-state index is -0.624. The highest BCUT2D eigenvalue weighted by molar-refractivity contribution is 7.98. The molecular formula is C23H21ClN4O4S. The molecule has 0 saturated carbocycles. The van der Waals surface area contributed by atoms with Gasteiger partial charge in [0.1, 0.15) is 0 Å². The van der Waals surface area contributed by atoms with E-state index in [2.05, 4.69) is 10.1 Å². The van der Waals surface area contributed by atoms with E-state index < -0.39 is 18.5 Å². The van der Waals surface area contributed by atoms with Crippen molar-refractivity contribution in [3.8, 4) is 6.07 Å². The fourth-order valence-electron chi connectivity index (χ4n) is 2.94. The van der Waals surface area contributed by atoms with Gasteiger partial charge in [0.25, 0.3) is 5.91 Å². The molecule has 10 heteroatoms. The molecule has 0 spiro atoms. The van der Waals surface area contributed by atoms with Gasteiger partial charge in [-0.05, 0) is 49.7 Å². The first kappa shape index (κ1) is 24.3. The van der Waals surface area contributed by atoms with Crippen molar-refractivity contribution in [2.24, 2.45) is 0 Å². The molecule has 33 heavy (non-hydrogen) atoms. The molecule has 1 heterocycles. The Kier molecular flexibility index (Phi) is 8.46. The number of aromatic nitrogens is 2. The quantitative estimate of drug-likeness (QED) is 0.316. The van der Waals surface area contributed by atoms with E-state index in [1.807, 2.05) is 13.0 Å². The lowest BCUT2D eigenvalue weighted by Gasteiger charge is -2.22. The number of carbonyl (C=O) groups is 2. The zero-order chi connectivity index (χ0) is 23.8. The number of hydrogen-bond donors (Lipinski definition) is 0. The van der Waals surface area contributed by atoms with Gasteiger partial charge in [0.15, 0.2) is 12.4 Å². The number of aryl methyl sites for hydroxylation is 2. The van der Waals surface area contributed by atoms with Crippen LogP contribution in [0.15, 0.2) is 51.9 Å². The van der Waals surface area contributed by atoms with E-state index in [1.54, 1.807) is 49.4 Å². The lowest BCUT2D eigenvalue weighted by atomic mass is 10.2. The zero-order valence-electron chi connectivity index (χ0n) is 18.1. The van der Waals surface area contributed by atoms with Crippen LogP contribution in [-0.4, -0.2) is 35.2 Å². The van der Waals surface area contributed by atoms with Crippen LogP contribution < -0.4 is 4.90 Å². The maximum atomic E-state index is 12.9. The number of esters is 1. The molecule has 0 fully saturated rings. The second-order valence-corrected chi connectivity index (χ2v) is 8.41. The number of nitrogens with zero attached hydrogens (tertiary/aromatic N) is 4. The summed E-state index contributed by atoms with van der Waals surface area (Å²) in [6.07, 6.45) is 0.135. The Morgan fingerprint density at radius 3 is 2.73 bits per heavy atom. The molecule has 0 saturated heterocycles. The van der Waals surface area contributed by atoms with Crippen molar-refractivity contribution in [3.05, 3.63) is 70.3 Å². The molecule has 3 aromatic rings. The monoisotopic (exact) mass is 484 g/mol. The fourth-order valence-corrected chi connectivity index (χ4v) is 3.93. The fraction of sp³-hybridized carbons (Fsp3) is 0.261. The first-order valence-electron chi connectivity index (χ1n) is 10.0. The number of thioether (sulfide) groups is 1. The molecule has 1 aromatic heterocycles. The smallest absolute Gasteiger partial charge is 0.339 e. The topological polar surface area (TPSA) is 109 Å². The van der Waals surface area contributed by atoms with Gasteiger partial charge >= 0.3 is 5.97 Å². The molecule has 0 unspecified atom stereocenters. The normalized spacial score (nSPS) is 10.5. The molecule has 2 aromatic carbocycles. The Hall–Kier alpha value is -3.35. The number of anilines is 1. The highest BCUT2D eigenvalue weighted by Gasteiger charge is 2.20. The number of amides is 1. The summed E-state index contributed by atoms with van der Waals surface area (Å²) < 4.78 is 10.4. The third-order valence-corrected chi connectivity index (χ3v) is 6.04. The van der Waals surface area contributed by atoms with Crippen LogP contribution in [0.25, 0.3) is 0 Å². The van der Waals surface area contributed by atoms with Crippen molar-refractivity contribution >= 4 is 40.9 Å². The molecule has 3 rings (SSSR count). The lowest BCUT2D eigenvalue weighted by Crippen LogP contribution is -2.35. The van der Waals surface area contributed by atoms with Crippen molar-refractivity contribution in [3.63, 3.8) is 0 Å². The second-order valence-electron chi connectivity index (χ2n) is 6.98. The predicted octanol–water partition coefficient (Wildman–Crippen LogP) is 4.74. The van der Waals surface area contributed by atoms with Crippen LogP contribution in [0.3, 0.4) is 0 Å². The Morgan fingerprint density at radius 2 is 2.03 bits per heavy atom. The Morgan fingerprint density at radius 1 is 1.24 bits per heavy atom. The molecule has 0 aliphatic rings. The summed E-state index contributed by atoms with van der Waals surface area (Å²) >= 11 is 7.43. The summed E-state index contributed by atoms with van der Waals surface area (Å²) in [6, 6.07) is 14.1. The first-order chi connectivity index (χ1) is 15.9. The maximum absolute atomic E-state index is 12.9. The average Bonchev–Trinajstić information content (AvgIpc) is 3.23. The van der Waals surface area contributed by atoms with Crippen molar-refractivity contribution in [1.82, 2.24) is 10.1 Å². The highest BCUT2D eigenvalue weighted by Crippen LogP contribution is 2.27. The molecule has 0 atom stereocenters. The molecule has 1 amide bonds. The standard InChI is InChI=1S/C23H21ClN4O4S/c1-15-12-17(8-9-19(15)24)28(11-5-10-25)22(29)13-31-23(30)18-6-3-4-7-20(18)33-14-21-26-16(2)27-32-21/h3-4,6-9,12H,5,11,13-14H2,1-2H3. The Balaban J connectivity index is 1.67. The van der Waals surface area contributed by atoms with Crippen LogP contribution in [0.2, 0.25) is 5.02 Å². The number of halogens is 1. The van der Waals surface area contributed by atoms with Gasteiger partial charge < -0.3 is 14.2 Å². The zero-order valence-corrected chi connectivity index (χ0v) is 19.7. The van der Waals surface area contributed by atoms with Gasteiger partial charge in [0.2, 0.25) is 5.89 Å². The number of nitriles is 1. The van der Waals surface area contributed by atoms with Gasteiger partial charge in [-0.1, -0.05) is 28.9 Å². The van der Waals surface area contributed by atoms with Crippen molar-refractivity contribution in [1.29, 1.82) is 5.26 Å². The van der Waals surface area contributed by atoms with E-state index in [4.69, 9.17) is 26.1 Å². The number of rotatable bonds is 9. The molecule has 0 bridgehead atoms. The van der Waals surface area contributed by atoms with E-state index in [9.17, 15) is 9.59 Å². The summed E-state index contributed by atoms with van der Waals surface area (Å²) in [7, 11) is 0. The molecule has 0 N–H and O–H groups in total. The Labute approximate surface area is 200 Å². The number of carbonyl (C=O) groups excluding carboxylic acids is 2. The van der Waals surface area contributed by atoms with Gasteiger partial charge in [-0.3, -0.25) is 4.79 Å². The highest BCUT2D eigenvalue weighted by atomic mass is 35.5.